The standard InChI is InChI=1S/C13H22ClN3O2/c1-4-16-5-6-19-11(8-16)13(18)12-10(14)7-15-17(12)9(2)3/h7,9,11,13,18H,4-6,8H2,1-3H3. The second kappa shape index (κ2) is 6.22. The molecule has 1 aromatic heterocycles. The van der Waals surface area contributed by atoms with Gasteiger partial charge in [-0.15, -0.1) is 0 Å². The number of likely N-dealkylation sites (N-methyl/N-ethyl adjacent to an activating group) is 1. The predicted molar refractivity (Wildman–Crippen MR) is 74.4 cm³/mol. The van der Waals surface area contributed by atoms with Crippen molar-refractivity contribution in [1.82, 2.24) is 14.7 Å². The van der Waals surface area contributed by atoms with Crippen LogP contribution in [-0.2, 0) is 4.74 Å². The average molecular weight is 288 g/mol. The first kappa shape index (κ1) is 14.8. The predicted octanol–water partition coefficient (Wildman–Crippen LogP) is 1.87. The van der Waals surface area contributed by atoms with E-state index in [-0.39, 0.29) is 12.1 Å². The normalized spacial score (nSPS) is 22.9. The van der Waals surface area contributed by atoms with Gasteiger partial charge in [0, 0.05) is 19.1 Å². The topological polar surface area (TPSA) is 50.5 Å². The molecule has 1 saturated heterocycles. The number of halogens is 1. The van der Waals surface area contributed by atoms with Crippen LogP contribution in [0.5, 0.6) is 0 Å². The zero-order valence-corrected chi connectivity index (χ0v) is 12.5. The summed E-state index contributed by atoms with van der Waals surface area (Å²) in [6, 6.07) is 0.156. The van der Waals surface area contributed by atoms with Crippen molar-refractivity contribution >= 4 is 11.6 Å². The van der Waals surface area contributed by atoms with Gasteiger partial charge in [0.05, 0.1) is 23.5 Å². The van der Waals surface area contributed by atoms with Crippen LogP contribution in [0, 0.1) is 0 Å². The maximum absolute atomic E-state index is 10.6. The van der Waals surface area contributed by atoms with E-state index in [0.717, 1.165) is 19.6 Å². The van der Waals surface area contributed by atoms with Crippen molar-refractivity contribution in [3.63, 3.8) is 0 Å². The lowest BCUT2D eigenvalue weighted by atomic mass is 10.1. The zero-order valence-electron chi connectivity index (χ0n) is 11.7. The van der Waals surface area contributed by atoms with E-state index in [1.165, 1.54) is 0 Å². The SMILES string of the molecule is CCN1CCOC(C(O)c2c(Cl)cnn2C(C)C)C1. The van der Waals surface area contributed by atoms with Crippen molar-refractivity contribution < 1.29 is 9.84 Å². The molecule has 108 valence electrons. The van der Waals surface area contributed by atoms with Crippen LogP contribution in [0.1, 0.15) is 38.6 Å². The molecule has 2 rings (SSSR count). The minimum atomic E-state index is -0.744. The van der Waals surface area contributed by atoms with Crippen LogP contribution >= 0.6 is 11.6 Å². The van der Waals surface area contributed by atoms with Crippen LogP contribution < -0.4 is 0 Å². The Morgan fingerprint density at radius 3 is 2.95 bits per heavy atom. The first-order valence-electron chi connectivity index (χ1n) is 6.79. The highest BCUT2D eigenvalue weighted by molar-refractivity contribution is 6.31. The smallest absolute Gasteiger partial charge is 0.124 e. The van der Waals surface area contributed by atoms with Crippen molar-refractivity contribution in [3.05, 3.63) is 16.9 Å². The molecular formula is C13H22ClN3O2. The second-order valence-electron chi connectivity index (χ2n) is 5.16. The van der Waals surface area contributed by atoms with E-state index in [2.05, 4.69) is 16.9 Å². The molecule has 19 heavy (non-hydrogen) atoms. The maximum Gasteiger partial charge on any atom is 0.124 e. The van der Waals surface area contributed by atoms with Gasteiger partial charge in [-0.05, 0) is 20.4 Å². The van der Waals surface area contributed by atoms with E-state index >= 15 is 0 Å². The van der Waals surface area contributed by atoms with Gasteiger partial charge in [0.1, 0.15) is 12.2 Å². The van der Waals surface area contributed by atoms with Crippen LogP contribution in [0.3, 0.4) is 0 Å². The summed E-state index contributed by atoms with van der Waals surface area (Å²) in [4.78, 5) is 2.27. The lowest BCUT2D eigenvalue weighted by molar-refractivity contribution is -0.0913. The molecule has 0 spiro atoms. The van der Waals surface area contributed by atoms with E-state index in [0.29, 0.717) is 17.3 Å². The van der Waals surface area contributed by atoms with Gasteiger partial charge in [-0.3, -0.25) is 9.58 Å². The van der Waals surface area contributed by atoms with E-state index < -0.39 is 6.10 Å². The Balaban J connectivity index is 2.19. The third kappa shape index (κ3) is 3.11. The monoisotopic (exact) mass is 287 g/mol. The van der Waals surface area contributed by atoms with Crippen molar-refractivity contribution in [2.24, 2.45) is 0 Å². The molecule has 1 aromatic rings. The minimum absolute atomic E-state index is 0.156. The highest BCUT2D eigenvalue weighted by atomic mass is 35.5. The van der Waals surface area contributed by atoms with E-state index in [4.69, 9.17) is 16.3 Å². The Kier molecular flexibility index (Phi) is 4.84. The van der Waals surface area contributed by atoms with Gasteiger partial charge in [0.2, 0.25) is 0 Å². The molecule has 0 aromatic carbocycles. The molecule has 1 N–H and O–H groups in total. The molecule has 0 bridgehead atoms. The van der Waals surface area contributed by atoms with E-state index in [9.17, 15) is 5.11 Å². The molecular weight excluding hydrogens is 266 g/mol. The third-order valence-electron chi connectivity index (χ3n) is 3.53. The molecule has 0 amide bonds. The average Bonchev–Trinajstić information content (AvgIpc) is 2.80. The number of hydrogen-bond donors (Lipinski definition) is 1. The number of morpholine rings is 1. The van der Waals surface area contributed by atoms with Gasteiger partial charge in [-0.1, -0.05) is 18.5 Å². The van der Waals surface area contributed by atoms with Crippen molar-refractivity contribution in [2.45, 2.75) is 39.0 Å². The summed E-state index contributed by atoms with van der Waals surface area (Å²) in [5.41, 5.74) is 0.652. The Morgan fingerprint density at radius 1 is 1.58 bits per heavy atom. The van der Waals surface area contributed by atoms with E-state index in [1.54, 1.807) is 10.9 Å². The number of hydrogen-bond acceptors (Lipinski definition) is 4. The number of aliphatic hydroxyl groups excluding tert-OH is 1. The minimum Gasteiger partial charge on any atom is -0.384 e. The molecule has 1 fully saturated rings. The number of nitrogens with zero attached hydrogens (tertiary/aromatic N) is 3. The zero-order chi connectivity index (χ0) is 14.0. The van der Waals surface area contributed by atoms with Gasteiger partial charge in [-0.25, -0.2) is 0 Å². The molecule has 5 nitrogen and oxygen atoms in total. The van der Waals surface area contributed by atoms with E-state index in [1.807, 2.05) is 13.8 Å². The summed E-state index contributed by atoms with van der Waals surface area (Å²) in [6.07, 6.45) is 0.590. The van der Waals surface area contributed by atoms with Crippen molar-refractivity contribution in [1.29, 1.82) is 0 Å². The Morgan fingerprint density at radius 2 is 2.32 bits per heavy atom. The third-order valence-corrected chi connectivity index (χ3v) is 3.82. The summed E-state index contributed by atoms with van der Waals surface area (Å²) in [7, 11) is 0. The highest BCUT2D eigenvalue weighted by Gasteiger charge is 2.31. The molecule has 2 atom stereocenters. The summed E-state index contributed by atoms with van der Waals surface area (Å²) in [5.74, 6) is 0. The lowest BCUT2D eigenvalue weighted by Gasteiger charge is -2.35. The molecule has 2 unspecified atom stereocenters. The number of rotatable bonds is 4. The van der Waals surface area contributed by atoms with Crippen molar-refractivity contribution in [2.75, 3.05) is 26.2 Å². The fourth-order valence-electron chi connectivity index (χ4n) is 2.42. The highest BCUT2D eigenvalue weighted by Crippen LogP contribution is 2.29. The first-order valence-corrected chi connectivity index (χ1v) is 7.17. The van der Waals surface area contributed by atoms with Crippen LogP contribution in [0.2, 0.25) is 5.02 Å². The number of aromatic nitrogens is 2. The molecule has 0 radical (unpaired) electrons. The quantitative estimate of drug-likeness (QED) is 0.918. The fraction of sp³-hybridized carbons (Fsp3) is 0.769. The van der Waals surface area contributed by atoms with Gasteiger partial charge in [0.15, 0.2) is 0 Å². The molecule has 1 aliphatic heterocycles. The van der Waals surface area contributed by atoms with Crippen LogP contribution in [0.25, 0.3) is 0 Å². The molecule has 0 saturated carbocycles. The van der Waals surface area contributed by atoms with Gasteiger partial charge in [0.25, 0.3) is 0 Å². The van der Waals surface area contributed by atoms with Crippen molar-refractivity contribution in [3.8, 4) is 0 Å². The second-order valence-corrected chi connectivity index (χ2v) is 5.57. The maximum atomic E-state index is 10.6. The number of ether oxygens (including phenoxy) is 1. The first-order chi connectivity index (χ1) is 9.04. The summed E-state index contributed by atoms with van der Waals surface area (Å²) >= 11 is 6.16. The molecule has 6 heteroatoms. The van der Waals surface area contributed by atoms with Gasteiger partial charge < -0.3 is 9.84 Å². The molecule has 0 aliphatic carbocycles. The van der Waals surface area contributed by atoms with Gasteiger partial charge in [-0.2, -0.15) is 5.10 Å². The fourth-order valence-corrected chi connectivity index (χ4v) is 2.67. The summed E-state index contributed by atoms with van der Waals surface area (Å²) < 4.78 is 7.46. The molecule has 2 heterocycles. The largest absolute Gasteiger partial charge is 0.384 e. The number of aliphatic hydroxyl groups is 1. The van der Waals surface area contributed by atoms with Gasteiger partial charge >= 0.3 is 0 Å². The lowest BCUT2D eigenvalue weighted by Crippen LogP contribution is -2.45. The van der Waals surface area contributed by atoms with Crippen LogP contribution in [0.15, 0.2) is 6.20 Å². The Bertz CT molecular complexity index is 422. The Labute approximate surface area is 119 Å². The van der Waals surface area contributed by atoms with Crippen LogP contribution in [0.4, 0.5) is 0 Å². The molecule has 1 aliphatic rings. The van der Waals surface area contributed by atoms with Crippen LogP contribution in [-0.4, -0.2) is 52.1 Å². The Hall–Kier alpha value is -0.620. The summed E-state index contributed by atoms with van der Waals surface area (Å²) in [6.45, 7) is 9.38. The summed E-state index contributed by atoms with van der Waals surface area (Å²) in [5, 5.41) is 15.3.